The molecule has 17 heavy (non-hydrogen) atoms. The minimum Gasteiger partial charge on any atom is -0.383 e. The van der Waals surface area contributed by atoms with E-state index in [-0.39, 0.29) is 17.3 Å². The fourth-order valence-electron chi connectivity index (χ4n) is 2.95. The number of nitrogen functional groups attached to an aromatic ring is 1. The van der Waals surface area contributed by atoms with Crippen molar-refractivity contribution in [2.24, 2.45) is 5.92 Å². The highest BCUT2D eigenvalue weighted by atomic mass is 19.1. The number of rotatable bonds is 1. The van der Waals surface area contributed by atoms with Crippen molar-refractivity contribution in [1.82, 2.24) is 9.88 Å². The van der Waals surface area contributed by atoms with Crippen LogP contribution in [-0.2, 0) is 0 Å². The molecule has 2 N–H and O–H groups in total. The summed E-state index contributed by atoms with van der Waals surface area (Å²) in [5.74, 6) is 0.0273. The van der Waals surface area contributed by atoms with Gasteiger partial charge in [-0.2, -0.15) is 0 Å². The SMILES string of the molecule is Nc1ncc(F)cc1C(=O)N1CC2CCC1C2. The lowest BCUT2D eigenvalue weighted by Gasteiger charge is -2.27. The average molecular weight is 235 g/mol. The molecule has 0 radical (unpaired) electrons. The number of hydrogen-bond donors (Lipinski definition) is 1. The number of pyridine rings is 1. The number of nitrogens with zero attached hydrogens (tertiary/aromatic N) is 2. The summed E-state index contributed by atoms with van der Waals surface area (Å²) >= 11 is 0. The summed E-state index contributed by atoms with van der Waals surface area (Å²) in [4.78, 5) is 17.8. The van der Waals surface area contributed by atoms with Crippen molar-refractivity contribution >= 4 is 11.7 Å². The molecule has 1 saturated heterocycles. The second-order valence-electron chi connectivity index (χ2n) is 4.88. The third-order valence-electron chi connectivity index (χ3n) is 3.79. The number of piperidine rings is 1. The van der Waals surface area contributed by atoms with Crippen LogP contribution < -0.4 is 5.73 Å². The Balaban J connectivity index is 1.89. The second-order valence-corrected chi connectivity index (χ2v) is 4.88. The summed E-state index contributed by atoms with van der Waals surface area (Å²) in [5.41, 5.74) is 5.82. The maximum Gasteiger partial charge on any atom is 0.257 e. The monoisotopic (exact) mass is 235 g/mol. The Kier molecular flexibility index (Phi) is 2.28. The predicted molar refractivity (Wildman–Crippen MR) is 60.8 cm³/mol. The summed E-state index contributed by atoms with van der Waals surface area (Å²) in [6.07, 6.45) is 4.36. The number of carbonyl (C=O) groups is 1. The van der Waals surface area contributed by atoms with Gasteiger partial charge in [-0.3, -0.25) is 4.79 Å². The first kappa shape index (κ1) is 10.5. The van der Waals surface area contributed by atoms with E-state index >= 15 is 0 Å². The highest BCUT2D eigenvalue weighted by Crippen LogP contribution is 2.38. The molecule has 90 valence electrons. The van der Waals surface area contributed by atoms with Gasteiger partial charge in [-0.15, -0.1) is 0 Å². The van der Waals surface area contributed by atoms with Crippen LogP contribution in [0.3, 0.4) is 0 Å². The normalized spacial score (nSPS) is 26.5. The maximum atomic E-state index is 13.1. The van der Waals surface area contributed by atoms with E-state index in [1.807, 2.05) is 4.90 Å². The van der Waals surface area contributed by atoms with Crippen molar-refractivity contribution in [3.05, 3.63) is 23.6 Å². The van der Waals surface area contributed by atoms with Crippen LogP contribution in [0.1, 0.15) is 29.6 Å². The molecule has 0 spiro atoms. The van der Waals surface area contributed by atoms with Gasteiger partial charge in [0.05, 0.1) is 11.8 Å². The Bertz CT molecular complexity index is 477. The van der Waals surface area contributed by atoms with Gasteiger partial charge < -0.3 is 10.6 Å². The van der Waals surface area contributed by atoms with E-state index in [1.165, 1.54) is 12.5 Å². The van der Waals surface area contributed by atoms with Crippen molar-refractivity contribution in [2.75, 3.05) is 12.3 Å². The van der Waals surface area contributed by atoms with Crippen LogP contribution in [0.5, 0.6) is 0 Å². The van der Waals surface area contributed by atoms with E-state index in [0.29, 0.717) is 12.0 Å². The number of hydrogen-bond acceptors (Lipinski definition) is 3. The standard InChI is InChI=1S/C12H14FN3O/c13-8-4-10(11(14)15-5-8)12(17)16-6-7-1-2-9(16)3-7/h4-5,7,9H,1-3,6H2,(H2,14,15). The fraction of sp³-hybridized carbons (Fsp3) is 0.500. The molecule has 2 atom stereocenters. The van der Waals surface area contributed by atoms with Crippen molar-refractivity contribution in [3.63, 3.8) is 0 Å². The lowest BCUT2D eigenvalue weighted by molar-refractivity contribution is 0.0704. The van der Waals surface area contributed by atoms with E-state index in [9.17, 15) is 9.18 Å². The van der Waals surface area contributed by atoms with Crippen LogP contribution in [0, 0.1) is 11.7 Å². The first-order valence-corrected chi connectivity index (χ1v) is 5.87. The van der Waals surface area contributed by atoms with Crippen molar-refractivity contribution in [2.45, 2.75) is 25.3 Å². The molecule has 2 unspecified atom stereocenters. The maximum absolute atomic E-state index is 13.1. The largest absolute Gasteiger partial charge is 0.383 e. The van der Waals surface area contributed by atoms with E-state index in [2.05, 4.69) is 4.98 Å². The summed E-state index contributed by atoms with van der Waals surface area (Å²) in [7, 11) is 0. The zero-order chi connectivity index (χ0) is 12.0. The number of nitrogens with two attached hydrogens (primary N) is 1. The van der Waals surface area contributed by atoms with Crippen LogP contribution in [0.4, 0.5) is 10.2 Å². The third-order valence-corrected chi connectivity index (χ3v) is 3.79. The Labute approximate surface area is 98.6 Å². The third kappa shape index (κ3) is 1.66. The highest BCUT2D eigenvalue weighted by Gasteiger charge is 2.40. The minimum absolute atomic E-state index is 0.110. The second kappa shape index (κ2) is 3.68. The fourth-order valence-corrected chi connectivity index (χ4v) is 2.95. The number of carbonyl (C=O) groups excluding carboxylic acids is 1. The number of anilines is 1. The Hall–Kier alpha value is -1.65. The first-order valence-electron chi connectivity index (χ1n) is 5.87. The summed E-state index contributed by atoms with van der Waals surface area (Å²) in [6, 6.07) is 1.49. The number of halogens is 1. The molecular weight excluding hydrogens is 221 g/mol. The van der Waals surface area contributed by atoms with E-state index in [4.69, 9.17) is 5.73 Å². The quantitative estimate of drug-likeness (QED) is 0.801. The van der Waals surface area contributed by atoms with Crippen LogP contribution >= 0.6 is 0 Å². The van der Waals surface area contributed by atoms with Crippen molar-refractivity contribution in [3.8, 4) is 0 Å². The molecule has 1 amide bonds. The molecule has 2 heterocycles. The van der Waals surface area contributed by atoms with Gasteiger partial charge in [-0.1, -0.05) is 0 Å². The van der Waals surface area contributed by atoms with Gasteiger partial charge >= 0.3 is 0 Å². The van der Waals surface area contributed by atoms with Crippen molar-refractivity contribution < 1.29 is 9.18 Å². The molecule has 5 heteroatoms. The van der Waals surface area contributed by atoms with Gasteiger partial charge in [0.1, 0.15) is 11.6 Å². The van der Waals surface area contributed by atoms with Crippen LogP contribution in [0.2, 0.25) is 0 Å². The molecule has 1 aliphatic heterocycles. The van der Waals surface area contributed by atoms with Gasteiger partial charge in [-0.05, 0) is 31.2 Å². The molecule has 1 aliphatic carbocycles. The first-order chi connectivity index (χ1) is 8.15. The molecular formula is C12H14FN3O. The molecule has 1 aromatic heterocycles. The van der Waals surface area contributed by atoms with E-state index in [1.54, 1.807) is 0 Å². The summed E-state index contributed by atoms with van der Waals surface area (Å²) in [6.45, 7) is 0.777. The Morgan fingerprint density at radius 1 is 1.53 bits per heavy atom. The average Bonchev–Trinajstić information content (AvgIpc) is 2.93. The molecule has 2 bridgehead atoms. The van der Waals surface area contributed by atoms with Crippen molar-refractivity contribution in [1.29, 1.82) is 0 Å². The van der Waals surface area contributed by atoms with Gasteiger partial charge in [0, 0.05) is 12.6 Å². The van der Waals surface area contributed by atoms with Crippen LogP contribution in [-0.4, -0.2) is 28.4 Å². The number of fused-ring (bicyclic) bond motifs is 2. The Morgan fingerprint density at radius 2 is 2.35 bits per heavy atom. The van der Waals surface area contributed by atoms with E-state index < -0.39 is 5.82 Å². The van der Waals surface area contributed by atoms with Gasteiger partial charge in [0.15, 0.2) is 0 Å². The number of amides is 1. The lowest BCUT2D eigenvalue weighted by Crippen LogP contribution is -2.38. The van der Waals surface area contributed by atoms with Gasteiger partial charge in [0.25, 0.3) is 5.91 Å². The summed E-state index contributed by atoms with van der Waals surface area (Å²) in [5, 5.41) is 0. The topological polar surface area (TPSA) is 59.2 Å². The smallest absolute Gasteiger partial charge is 0.257 e. The minimum atomic E-state index is -0.521. The van der Waals surface area contributed by atoms with Gasteiger partial charge in [0.2, 0.25) is 0 Å². The molecule has 1 saturated carbocycles. The zero-order valence-corrected chi connectivity index (χ0v) is 9.40. The lowest BCUT2D eigenvalue weighted by atomic mass is 10.1. The molecule has 3 rings (SSSR count). The molecule has 2 fully saturated rings. The van der Waals surface area contributed by atoms with E-state index in [0.717, 1.165) is 25.6 Å². The molecule has 4 nitrogen and oxygen atoms in total. The molecule has 1 aromatic rings. The number of likely N-dealkylation sites (tertiary alicyclic amines) is 1. The summed E-state index contributed by atoms with van der Waals surface area (Å²) < 4.78 is 13.1. The molecule has 0 aromatic carbocycles. The Morgan fingerprint density at radius 3 is 3.00 bits per heavy atom. The highest BCUT2D eigenvalue weighted by molar-refractivity contribution is 5.98. The van der Waals surface area contributed by atoms with Crippen LogP contribution in [0.15, 0.2) is 12.3 Å². The zero-order valence-electron chi connectivity index (χ0n) is 9.40. The molecule has 2 aliphatic rings. The number of aromatic nitrogens is 1. The van der Waals surface area contributed by atoms with Crippen LogP contribution in [0.25, 0.3) is 0 Å². The van der Waals surface area contributed by atoms with Gasteiger partial charge in [-0.25, -0.2) is 9.37 Å². The predicted octanol–water partition coefficient (Wildman–Crippen LogP) is 1.43.